The van der Waals surface area contributed by atoms with Crippen LogP contribution in [-0.4, -0.2) is 36.2 Å². The Labute approximate surface area is 163 Å². The number of carbonyl (C=O) groups excluding carboxylic acids is 1. The van der Waals surface area contributed by atoms with Gasteiger partial charge >= 0.3 is 0 Å². The van der Waals surface area contributed by atoms with E-state index in [0.717, 1.165) is 30.6 Å². The summed E-state index contributed by atoms with van der Waals surface area (Å²) in [6, 6.07) is 18.6. The number of phenols is 1. The van der Waals surface area contributed by atoms with Crippen LogP contribution in [0.1, 0.15) is 16.8 Å². The van der Waals surface area contributed by atoms with Crippen molar-refractivity contribution in [3.63, 3.8) is 0 Å². The van der Waals surface area contributed by atoms with Gasteiger partial charge in [0.05, 0.1) is 5.56 Å². The van der Waals surface area contributed by atoms with Gasteiger partial charge in [0, 0.05) is 41.9 Å². The largest absolute Gasteiger partial charge is 0.506 e. The number of carbonyl (C=O) groups is 1. The predicted octanol–water partition coefficient (Wildman–Crippen LogP) is 2.66. The van der Waals surface area contributed by atoms with Gasteiger partial charge in [-0.3, -0.25) is 4.79 Å². The summed E-state index contributed by atoms with van der Waals surface area (Å²) >= 11 is 0. The maximum atomic E-state index is 12.6. The van der Waals surface area contributed by atoms with Crippen LogP contribution < -0.4 is 21.7 Å². The zero-order chi connectivity index (χ0) is 19.7. The average Bonchev–Trinajstić information content (AvgIpc) is 2.68. The topological polar surface area (TPSA) is 105 Å². The van der Waals surface area contributed by atoms with Crippen LogP contribution in [0.4, 0.5) is 11.4 Å². The van der Waals surface area contributed by atoms with Gasteiger partial charge in [-0.1, -0.05) is 30.3 Å². The minimum Gasteiger partial charge on any atom is -0.506 e. The molecule has 28 heavy (non-hydrogen) atoms. The number of amides is 1. The van der Waals surface area contributed by atoms with Crippen molar-refractivity contribution < 1.29 is 9.90 Å². The first-order valence-corrected chi connectivity index (χ1v) is 9.39. The van der Waals surface area contributed by atoms with Crippen molar-refractivity contribution in [3.8, 4) is 5.75 Å². The molecule has 3 aromatic carbocycles. The molecule has 1 fully saturated rings. The summed E-state index contributed by atoms with van der Waals surface area (Å²) in [5.41, 5.74) is 14.1. The number of nitrogens with one attached hydrogen (secondary N) is 1. The fourth-order valence-electron chi connectivity index (χ4n) is 3.78. The number of rotatable bonds is 3. The zero-order valence-electron chi connectivity index (χ0n) is 15.5. The highest BCUT2D eigenvalue weighted by Crippen LogP contribution is 2.29. The normalized spacial score (nSPS) is 19.6. The molecule has 0 aromatic heterocycles. The Kier molecular flexibility index (Phi) is 4.90. The number of hydrogen-bond donors (Lipinski definition) is 4. The van der Waals surface area contributed by atoms with E-state index in [9.17, 15) is 9.90 Å². The predicted molar refractivity (Wildman–Crippen MR) is 113 cm³/mol. The van der Waals surface area contributed by atoms with Gasteiger partial charge in [0.25, 0.3) is 5.91 Å². The Morgan fingerprint density at radius 3 is 2.36 bits per heavy atom. The van der Waals surface area contributed by atoms with E-state index in [1.54, 1.807) is 12.1 Å². The van der Waals surface area contributed by atoms with E-state index in [0.29, 0.717) is 11.1 Å². The minimum atomic E-state index is -0.349. The third-order valence-electron chi connectivity index (χ3n) is 5.15. The lowest BCUT2D eigenvalue weighted by atomic mass is 10.0. The number of phenolic OH excluding ortho intramolecular Hbond substituents is 1. The SMILES string of the molecule is N[C@@H]1C[C@H](N)CN(c2ccc(NC(=O)c3ccc4ccccc4c3O)cc2)C1. The van der Waals surface area contributed by atoms with E-state index < -0.39 is 0 Å². The first-order valence-electron chi connectivity index (χ1n) is 9.39. The standard InChI is InChI=1S/C22H24N4O2/c23-15-11-16(24)13-26(12-15)18-8-6-17(7-9-18)25-22(28)20-10-5-14-3-1-2-4-19(14)21(20)27/h1-10,15-16,27H,11-13,23-24H2,(H,25,28)/t15-,16+. The minimum absolute atomic E-state index is 0.0106. The van der Waals surface area contributed by atoms with Gasteiger partial charge in [-0.15, -0.1) is 0 Å². The number of piperidine rings is 1. The molecule has 2 atom stereocenters. The highest BCUT2D eigenvalue weighted by Gasteiger charge is 2.22. The summed E-state index contributed by atoms with van der Waals surface area (Å²) in [4.78, 5) is 14.8. The lowest BCUT2D eigenvalue weighted by Gasteiger charge is -2.36. The molecule has 3 aromatic rings. The summed E-state index contributed by atoms with van der Waals surface area (Å²) in [6.45, 7) is 1.54. The monoisotopic (exact) mass is 376 g/mol. The Bertz CT molecular complexity index is 993. The maximum Gasteiger partial charge on any atom is 0.259 e. The highest BCUT2D eigenvalue weighted by molar-refractivity contribution is 6.09. The van der Waals surface area contributed by atoms with Crippen LogP contribution >= 0.6 is 0 Å². The van der Waals surface area contributed by atoms with Crippen molar-refractivity contribution in [3.05, 3.63) is 66.2 Å². The molecule has 1 saturated heterocycles. The molecule has 0 unspecified atom stereocenters. The second kappa shape index (κ2) is 7.50. The molecule has 0 bridgehead atoms. The van der Waals surface area contributed by atoms with Gasteiger partial charge in [-0.2, -0.15) is 0 Å². The van der Waals surface area contributed by atoms with Crippen molar-refractivity contribution >= 4 is 28.1 Å². The molecule has 6 heteroatoms. The Morgan fingerprint density at radius 1 is 0.964 bits per heavy atom. The van der Waals surface area contributed by atoms with Crippen LogP contribution in [0.3, 0.4) is 0 Å². The van der Waals surface area contributed by atoms with Gasteiger partial charge in [0.2, 0.25) is 0 Å². The molecule has 6 N–H and O–H groups in total. The lowest BCUT2D eigenvalue weighted by Crippen LogP contribution is -2.52. The number of benzene rings is 3. The summed E-state index contributed by atoms with van der Waals surface area (Å²) < 4.78 is 0. The first-order chi connectivity index (χ1) is 13.5. The molecule has 1 aliphatic rings. The Hall–Kier alpha value is -3.09. The van der Waals surface area contributed by atoms with Crippen molar-refractivity contribution in [2.75, 3.05) is 23.3 Å². The van der Waals surface area contributed by atoms with Gasteiger partial charge < -0.3 is 26.8 Å². The molecule has 1 aliphatic heterocycles. The highest BCUT2D eigenvalue weighted by atomic mass is 16.3. The molecular weight excluding hydrogens is 352 g/mol. The van der Waals surface area contributed by atoms with Crippen molar-refractivity contribution in [1.29, 1.82) is 0 Å². The van der Waals surface area contributed by atoms with E-state index in [2.05, 4.69) is 10.2 Å². The van der Waals surface area contributed by atoms with Crippen LogP contribution in [-0.2, 0) is 0 Å². The van der Waals surface area contributed by atoms with Gasteiger partial charge in [-0.25, -0.2) is 0 Å². The molecule has 144 valence electrons. The van der Waals surface area contributed by atoms with E-state index >= 15 is 0 Å². The smallest absolute Gasteiger partial charge is 0.259 e. The number of fused-ring (bicyclic) bond motifs is 1. The first kappa shape index (κ1) is 18.3. The van der Waals surface area contributed by atoms with Crippen molar-refractivity contribution in [2.24, 2.45) is 11.5 Å². The second-order valence-electron chi connectivity index (χ2n) is 7.34. The molecular formula is C22H24N4O2. The Balaban J connectivity index is 1.50. The quantitative estimate of drug-likeness (QED) is 0.563. The molecule has 4 rings (SSSR count). The number of nitrogens with two attached hydrogens (primary N) is 2. The van der Waals surface area contributed by atoms with Crippen LogP contribution in [0.5, 0.6) is 5.75 Å². The Morgan fingerprint density at radius 2 is 1.64 bits per heavy atom. The van der Waals surface area contributed by atoms with Crippen LogP contribution in [0, 0.1) is 0 Å². The summed E-state index contributed by atoms with van der Waals surface area (Å²) in [7, 11) is 0. The fraction of sp³-hybridized carbons (Fsp3) is 0.227. The lowest BCUT2D eigenvalue weighted by molar-refractivity contribution is 0.102. The van der Waals surface area contributed by atoms with Gasteiger partial charge in [0.1, 0.15) is 5.75 Å². The number of hydrogen-bond acceptors (Lipinski definition) is 5. The molecule has 0 aliphatic carbocycles. The molecule has 1 amide bonds. The van der Waals surface area contributed by atoms with E-state index in [1.807, 2.05) is 48.5 Å². The number of anilines is 2. The fourth-order valence-corrected chi connectivity index (χ4v) is 3.78. The molecule has 6 nitrogen and oxygen atoms in total. The van der Waals surface area contributed by atoms with Crippen LogP contribution in [0.2, 0.25) is 0 Å². The third-order valence-corrected chi connectivity index (χ3v) is 5.15. The molecule has 0 radical (unpaired) electrons. The number of aromatic hydroxyl groups is 1. The zero-order valence-corrected chi connectivity index (χ0v) is 15.5. The van der Waals surface area contributed by atoms with Crippen molar-refractivity contribution in [1.82, 2.24) is 0 Å². The van der Waals surface area contributed by atoms with E-state index in [1.165, 1.54) is 0 Å². The third kappa shape index (κ3) is 3.65. The molecule has 0 saturated carbocycles. The summed E-state index contributed by atoms with van der Waals surface area (Å²) in [5.74, 6) is -0.360. The van der Waals surface area contributed by atoms with Crippen LogP contribution in [0.25, 0.3) is 10.8 Å². The van der Waals surface area contributed by atoms with E-state index in [4.69, 9.17) is 11.5 Å². The van der Waals surface area contributed by atoms with Crippen LogP contribution in [0.15, 0.2) is 60.7 Å². The van der Waals surface area contributed by atoms with Gasteiger partial charge in [0.15, 0.2) is 0 Å². The number of nitrogens with zero attached hydrogens (tertiary/aromatic N) is 1. The maximum absolute atomic E-state index is 12.6. The molecule has 0 spiro atoms. The van der Waals surface area contributed by atoms with Gasteiger partial charge in [-0.05, 0) is 42.1 Å². The molecule has 1 heterocycles. The average molecular weight is 376 g/mol. The summed E-state index contributed by atoms with van der Waals surface area (Å²) in [6.07, 6.45) is 0.833. The second-order valence-corrected chi connectivity index (χ2v) is 7.34. The summed E-state index contributed by atoms with van der Waals surface area (Å²) in [5, 5.41) is 14.9. The van der Waals surface area contributed by atoms with E-state index in [-0.39, 0.29) is 29.3 Å². The van der Waals surface area contributed by atoms with Crippen molar-refractivity contribution in [2.45, 2.75) is 18.5 Å².